The molecule has 0 saturated carbocycles. The molecule has 0 bridgehead atoms. The van der Waals surface area contributed by atoms with Crippen LogP contribution in [0.2, 0.25) is 0 Å². The second kappa shape index (κ2) is 8.55. The maximum atomic E-state index is 6.45. The zero-order valence-electron chi connectivity index (χ0n) is 20.4. The molecule has 0 aromatic heterocycles. The normalized spacial score (nSPS) is 17.5. The van der Waals surface area contributed by atoms with E-state index in [1.807, 2.05) is 6.07 Å². The molecule has 3 heteroatoms. The van der Waals surface area contributed by atoms with E-state index in [-0.39, 0.29) is 11.5 Å². The van der Waals surface area contributed by atoms with Crippen LogP contribution in [0.1, 0.15) is 37.5 Å². The number of hydrogen-bond donors (Lipinski definition) is 0. The van der Waals surface area contributed by atoms with E-state index in [1.54, 1.807) is 0 Å². The molecular formula is C29H35N2O+. The minimum absolute atomic E-state index is 0.0285. The van der Waals surface area contributed by atoms with Crippen molar-refractivity contribution in [2.75, 3.05) is 33.1 Å². The fourth-order valence-electron chi connectivity index (χ4n) is 4.73. The van der Waals surface area contributed by atoms with Gasteiger partial charge in [-0.2, -0.15) is 0 Å². The van der Waals surface area contributed by atoms with Crippen LogP contribution in [-0.2, 0) is 16.8 Å². The number of benzene rings is 2. The molecular weight excluding hydrogens is 392 g/mol. The second-order valence-electron chi connectivity index (χ2n) is 9.73. The van der Waals surface area contributed by atoms with E-state index in [0.29, 0.717) is 6.61 Å². The van der Waals surface area contributed by atoms with Crippen LogP contribution in [0.4, 0.5) is 5.69 Å². The highest BCUT2D eigenvalue weighted by molar-refractivity contribution is 6.05. The Morgan fingerprint density at radius 3 is 2.38 bits per heavy atom. The maximum absolute atomic E-state index is 6.45. The van der Waals surface area contributed by atoms with Gasteiger partial charge in [-0.3, -0.25) is 0 Å². The Morgan fingerprint density at radius 1 is 1.00 bits per heavy atom. The fourth-order valence-corrected chi connectivity index (χ4v) is 4.73. The van der Waals surface area contributed by atoms with Crippen molar-refractivity contribution in [3.8, 4) is 0 Å². The van der Waals surface area contributed by atoms with Gasteiger partial charge in [-0.25, -0.2) is 4.58 Å². The number of anilines is 1. The fraction of sp³-hybridized carbons (Fsp3) is 0.345. The van der Waals surface area contributed by atoms with E-state index >= 15 is 0 Å². The molecule has 3 nitrogen and oxygen atoms in total. The van der Waals surface area contributed by atoms with Gasteiger partial charge in [0, 0.05) is 37.3 Å². The van der Waals surface area contributed by atoms with Crippen LogP contribution >= 0.6 is 0 Å². The molecule has 4 rings (SSSR count). The van der Waals surface area contributed by atoms with Gasteiger partial charge in [-0.15, -0.1) is 0 Å². The highest BCUT2D eigenvalue weighted by Crippen LogP contribution is 2.50. The zero-order valence-corrected chi connectivity index (χ0v) is 20.4. The van der Waals surface area contributed by atoms with Gasteiger partial charge in [0.1, 0.15) is 14.1 Å². The number of ether oxygens (including phenoxy) is 1. The van der Waals surface area contributed by atoms with Crippen molar-refractivity contribution in [3.05, 3.63) is 94.6 Å². The molecule has 32 heavy (non-hydrogen) atoms. The summed E-state index contributed by atoms with van der Waals surface area (Å²) in [5, 5.41) is 0. The summed E-state index contributed by atoms with van der Waals surface area (Å²) in [4.78, 5) is 2.18. The van der Waals surface area contributed by atoms with E-state index in [0.717, 1.165) is 0 Å². The molecule has 2 aromatic carbocycles. The monoisotopic (exact) mass is 427 g/mol. The third-order valence-corrected chi connectivity index (χ3v) is 6.72. The summed E-state index contributed by atoms with van der Waals surface area (Å²) in [7, 11) is 8.41. The largest absolute Gasteiger partial charge is 0.378 e. The summed E-state index contributed by atoms with van der Waals surface area (Å²) in [6.07, 6.45) is 6.83. The predicted octanol–water partition coefficient (Wildman–Crippen LogP) is 5.61. The van der Waals surface area contributed by atoms with Gasteiger partial charge in [0.2, 0.25) is 0 Å². The van der Waals surface area contributed by atoms with Crippen molar-refractivity contribution in [1.29, 1.82) is 0 Å². The second-order valence-corrected chi connectivity index (χ2v) is 9.73. The van der Waals surface area contributed by atoms with Crippen molar-refractivity contribution in [1.82, 2.24) is 0 Å². The first-order valence-electron chi connectivity index (χ1n) is 11.4. The number of hydrogen-bond acceptors (Lipinski definition) is 2. The zero-order chi connectivity index (χ0) is 23.0. The molecule has 0 N–H and O–H groups in total. The molecule has 0 spiro atoms. The number of nitrogens with zero attached hydrogens (tertiary/aromatic N) is 2. The van der Waals surface area contributed by atoms with Gasteiger partial charge in [-0.1, -0.05) is 50.2 Å². The Kier molecular flexibility index (Phi) is 5.96. The highest BCUT2D eigenvalue weighted by atomic mass is 16.5. The summed E-state index contributed by atoms with van der Waals surface area (Å²) in [6.45, 7) is 7.47. The maximum Gasteiger partial charge on any atom is 0.199 e. The van der Waals surface area contributed by atoms with Gasteiger partial charge in [-0.05, 0) is 58.5 Å². The minimum Gasteiger partial charge on any atom is -0.378 e. The first-order valence-corrected chi connectivity index (χ1v) is 11.4. The summed E-state index contributed by atoms with van der Waals surface area (Å²) < 4.78 is 8.62. The third-order valence-electron chi connectivity index (χ3n) is 6.72. The van der Waals surface area contributed by atoms with E-state index in [1.165, 1.54) is 44.8 Å². The quantitative estimate of drug-likeness (QED) is 0.576. The topological polar surface area (TPSA) is 15.5 Å². The van der Waals surface area contributed by atoms with Gasteiger partial charge in [0.15, 0.2) is 5.71 Å². The van der Waals surface area contributed by atoms with Gasteiger partial charge in [0.05, 0.1) is 12.7 Å². The van der Waals surface area contributed by atoms with Gasteiger partial charge < -0.3 is 9.64 Å². The SMILES string of the molecule is CC(OCc1ccccc1)C1=C2C=CC(=[N+](C)C)C=C2C(C)(C)c2cc(N(C)C)ccc21. The lowest BCUT2D eigenvalue weighted by atomic mass is 9.64. The summed E-state index contributed by atoms with van der Waals surface area (Å²) in [5.74, 6) is 0. The standard InChI is InChI=1S/C29H35N2O/c1-20(32-19-21-11-9-8-10-12-21)28-24-15-13-22(30(4)5)17-26(24)29(2,3)27-18-23(31(6)7)14-16-25(27)28/h8-18,20H,19H2,1-7H3/q+1. The van der Waals surface area contributed by atoms with Crippen molar-refractivity contribution in [2.24, 2.45) is 0 Å². The number of fused-ring (bicyclic) bond motifs is 2. The van der Waals surface area contributed by atoms with Crippen molar-refractivity contribution < 1.29 is 9.31 Å². The lowest BCUT2D eigenvalue weighted by Crippen LogP contribution is -2.32. The highest BCUT2D eigenvalue weighted by Gasteiger charge is 2.39. The Morgan fingerprint density at radius 2 is 1.72 bits per heavy atom. The van der Waals surface area contributed by atoms with Crippen molar-refractivity contribution >= 4 is 17.0 Å². The Hall–Kier alpha value is -2.91. The molecule has 2 aliphatic carbocycles. The van der Waals surface area contributed by atoms with Gasteiger partial charge in [0.25, 0.3) is 0 Å². The first-order chi connectivity index (χ1) is 15.2. The lowest BCUT2D eigenvalue weighted by molar-refractivity contribution is -0.462. The Balaban J connectivity index is 1.85. The molecule has 166 valence electrons. The summed E-state index contributed by atoms with van der Waals surface area (Å²) >= 11 is 0. The molecule has 1 unspecified atom stereocenters. The van der Waals surface area contributed by atoms with Crippen molar-refractivity contribution in [2.45, 2.75) is 38.9 Å². The van der Waals surface area contributed by atoms with Crippen LogP contribution in [0.15, 0.2) is 77.9 Å². The van der Waals surface area contributed by atoms with Crippen molar-refractivity contribution in [3.63, 3.8) is 0 Å². The van der Waals surface area contributed by atoms with E-state index < -0.39 is 0 Å². The van der Waals surface area contributed by atoms with Crippen LogP contribution in [0.25, 0.3) is 5.57 Å². The average molecular weight is 428 g/mol. The number of rotatable bonds is 5. The van der Waals surface area contributed by atoms with Gasteiger partial charge >= 0.3 is 0 Å². The lowest BCUT2D eigenvalue weighted by Gasteiger charge is -2.40. The van der Waals surface area contributed by atoms with Crippen LogP contribution in [-0.4, -0.2) is 44.6 Å². The molecule has 0 heterocycles. The predicted molar refractivity (Wildman–Crippen MR) is 136 cm³/mol. The van der Waals surface area contributed by atoms with Crippen LogP contribution in [0, 0.1) is 0 Å². The average Bonchev–Trinajstić information content (AvgIpc) is 2.78. The molecule has 0 fully saturated rings. The Bertz CT molecular complexity index is 1140. The summed E-state index contributed by atoms with van der Waals surface area (Å²) in [6, 6.07) is 17.3. The third kappa shape index (κ3) is 3.98. The minimum atomic E-state index is -0.106. The van der Waals surface area contributed by atoms with E-state index in [2.05, 4.69) is 119 Å². The van der Waals surface area contributed by atoms with E-state index in [9.17, 15) is 0 Å². The molecule has 1 atom stereocenters. The molecule has 0 amide bonds. The number of allylic oxidation sites excluding steroid dienone is 5. The van der Waals surface area contributed by atoms with Crippen LogP contribution in [0.5, 0.6) is 0 Å². The molecule has 0 saturated heterocycles. The first kappa shape index (κ1) is 22.3. The van der Waals surface area contributed by atoms with E-state index in [4.69, 9.17) is 4.74 Å². The van der Waals surface area contributed by atoms with Crippen LogP contribution < -0.4 is 4.90 Å². The molecule has 2 aromatic rings. The van der Waals surface area contributed by atoms with Crippen LogP contribution in [0.3, 0.4) is 0 Å². The smallest absolute Gasteiger partial charge is 0.199 e. The molecule has 2 aliphatic rings. The molecule has 0 aliphatic heterocycles. The summed E-state index contributed by atoms with van der Waals surface area (Å²) in [5.41, 5.74) is 10.1. The Labute approximate surface area is 193 Å². The molecule has 0 radical (unpaired) electrons.